The molecule has 3 rings (SSSR count). The fourth-order valence-electron chi connectivity index (χ4n) is 3.00. The number of nitrogens with zero attached hydrogens (tertiary/aromatic N) is 1. The topological polar surface area (TPSA) is 55.8 Å². The van der Waals surface area contributed by atoms with E-state index in [1.807, 2.05) is 18.2 Å². The molecule has 0 spiro atoms. The summed E-state index contributed by atoms with van der Waals surface area (Å²) in [7, 11) is 3.21. The van der Waals surface area contributed by atoms with Crippen molar-refractivity contribution in [1.29, 1.82) is 0 Å². The van der Waals surface area contributed by atoms with Crippen molar-refractivity contribution in [3.63, 3.8) is 0 Å². The van der Waals surface area contributed by atoms with E-state index in [4.69, 9.17) is 9.47 Å². The molecule has 0 bridgehead atoms. The monoisotopic (exact) mass is 273 g/mol. The van der Waals surface area contributed by atoms with Crippen LogP contribution in [0.2, 0.25) is 0 Å². The Labute approximate surface area is 116 Å². The number of fused-ring (bicyclic) bond motifs is 1. The van der Waals surface area contributed by atoms with Gasteiger partial charge < -0.3 is 9.47 Å². The average Bonchev–Trinajstić information content (AvgIpc) is 2.99. The van der Waals surface area contributed by atoms with Gasteiger partial charge in [-0.1, -0.05) is 12.1 Å². The minimum atomic E-state index is -0.332. The van der Waals surface area contributed by atoms with Crippen LogP contribution in [-0.4, -0.2) is 30.9 Å². The van der Waals surface area contributed by atoms with Crippen molar-refractivity contribution >= 4 is 11.8 Å². The summed E-state index contributed by atoms with van der Waals surface area (Å²) in [5.41, 5.74) is 1.84. The number of rotatable bonds is 3. The zero-order valence-electron chi connectivity index (χ0n) is 11.3. The lowest BCUT2D eigenvalue weighted by Gasteiger charge is -2.24. The van der Waals surface area contributed by atoms with Crippen LogP contribution in [0, 0.1) is 0 Å². The van der Waals surface area contributed by atoms with Crippen molar-refractivity contribution in [3.05, 3.63) is 41.5 Å². The van der Waals surface area contributed by atoms with E-state index in [0.29, 0.717) is 12.2 Å². The highest BCUT2D eigenvalue weighted by Gasteiger charge is 2.42. The van der Waals surface area contributed by atoms with Crippen molar-refractivity contribution in [2.45, 2.75) is 18.6 Å². The molecular weight excluding hydrogens is 258 g/mol. The molecule has 5 nitrogen and oxygen atoms in total. The Morgan fingerprint density at radius 2 is 1.85 bits per heavy atom. The van der Waals surface area contributed by atoms with Gasteiger partial charge in [0.1, 0.15) is 5.75 Å². The van der Waals surface area contributed by atoms with Gasteiger partial charge in [0.15, 0.2) is 0 Å². The molecule has 0 fully saturated rings. The number of hydrogen-bond acceptors (Lipinski definition) is 4. The highest BCUT2D eigenvalue weighted by atomic mass is 16.5. The third-order valence-corrected chi connectivity index (χ3v) is 3.88. The van der Waals surface area contributed by atoms with E-state index in [1.165, 1.54) is 17.1 Å². The van der Waals surface area contributed by atoms with E-state index in [1.54, 1.807) is 14.2 Å². The molecule has 0 saturated carbocycles. The summed E-state index contributed by atoms with van der Waals surface area (Å²) in [6.45, 7) is 0. The number of methoxy groups -OCH3 is 2. The van der Waals surface area contributed by atoms with Gasteiger partial charge in [-0.3, -0.25) is 14.5 Å². The molecule has 1 aromatic carbocycles. The van der Waals surface area contributed by atoms with Crippen molar-refractivity contribution < 1.29 is 19.1 Å². The van der Waals surface area contributed by atoms with Crippen LogP contribution >= 0.6 is 0 Å². The van der Waals surface area contributed by atoms with Gasteiger partial charge in [0, 0.05) is 31.2 Å². The normalized spacial score (nSPS) is 24.4. The Hall–Kier alpha value is -2.14. The lowest BCUT2D eigenvalue weighted by Crippen LogP contribution is -2.33. The Kier molecular flexibility index (Phi) is 3.06. The van der Waals surface area contributed by atoms with Crippen molar-refractivity contribution in [2.75, 3.05) is 14.2 Å². The molecule has 1 heterocycles. The molecule has 1 aliphatic heterocycles. The van der Waals surface area contributed by atoms with Crippen LogP contribution in [0.15, 0.2) is 30.4 Å². The second-order valence-corrected chi connectivity index (χ2v) is 4.82. The van der Waals surface area contributed by atoms with Crippen LogP contribution in [0.5, 0.6) is 5.75 Å². The zero-order valence-corrected chi connectivity index (χ0v) is 11.3. The fourth-order valence-corrected chi connectivity index (χ4v) is 3.00. The summed E-state index contributed by atoms with van der Waals surface area (Å²) in [4.78, 5) is 25.1. The highest BCUT2D eigenvalue weighted by molar-refractivity contribution is 6.13. The summed E-state index contributed by atoms with van der Waals surface area (Å²) in [5, 5.41) is 0. The van der Waals surface area contributed by atoms with Gasteiger partial charge >= 0.3 is 0 Å². The maximum absolute atomic E-state index is 11.9. The molecule has 0 aromatic heterocycles. The summed E-state index contributed by atoms with van der Waals surface area (Å²) >= 11 is 0. The molecule has 0 unspecified atom stereocenters. The molecule has 0 N–H and O–H groups in total. The molecule has 0 saturated heterocycles. The summed E-state index contributed by atoms with van der Waals surface area (Å²) in [5.74, 6) is 0.113. The summed E-state index contributed by atoms with van der Waals surface area (Å²) < 4.78 is 10.9. The van der Waals surface area contributed by atoms with E-state index in [0.717, 1.165) is 11.1 Å². The minimum Gasteiger partial charge on any atom is -0.496 e. The first-order valence-corrected chi connectivity index (χ1v) is 6.42. The SMILES string of the molecule is COc1cccc2c1[C@@H](N1C(=O)C=CC1=O)C[C@@H]2OC. The van der Waals surface area contributed by atoms with Crippen LogP contribution in [0.1, 0.15) is 29.7 Å². The first-order chi connectivity index (χ1) is 9.67. The van der Waals surface area contributed by atoms with E-state index in [2.05, 4.69) is 0 Å². The fraction of sp³-hybridized carbons (Fsp3) is 0.333. The van der Waals surface area contributed by atoms with Gasteiger partial charge in [-0.25, -0.2) is 0 Å². The van der Waals surface area contributed by atoms with Gasteiger partial charge in [-0.05, 0) is 11.6 Å². The first kappa shape index (κ1) is 12.9. The number of hydrogen-bond donors (Lipinski definition) is 0. The van der Waals surface area contributed by atoms with Crippen LogP contribution in [0.4, 0.5) is 0 Å². The molecule has 20 heavy (non-hydrogen) atoms. The van der Waals surface area contributed by atoms with E-state index in [-0.39, 0.29) is 24.0 Å². The third-order valence-electron chi connectivity index (χ3n) is 3.88. The molecule has 2 atom stereocenters. The number of imide groups is 1. The second kappa shape index (κ2) is 4.76. The largest absolute Gasteiger partial charge is 0.496 e. The first-order valence-electron chi connectivity index (χ1n) is 6.42. The van der Waals surface area contributed by atoms with Crippen molar-refractivity contribution in [2.24, 2.45) is 0 Å². The lowest BCUT2D eigenvalue weighted by atomic mass is 10.1. The molecule has 2 aliphatic rings. The molecule has 0 radical (unpaired) electrons. The average molecular weight is 273 g/mol. The highest BCUT2D eigenvalue weighted by Crippen LogP contribution is 2.48. The standard InChI is InChI=1S/C15H15NO4/c1-19-11-5-3-4-9-12(20-2)8-10(15(9)11)16-13(17)6-7-14(16)18/h3-7,10,12H,8H2,1-2H3/t10-,12-/m0/s1. The molecule has 1 aromatic rings. The van der Waals surface area contributed by atoms with E-state index < -0.39 is 0 Å². The van der Waals surface area contributed by atoms with Crippen LogP contribution in [-0.2, 0) is 14.3 Å². The van der Waals surface area contributed by atoms with E-state index in [9.17, 15) is 9.59 Å². The molecule has 5 heteroatoms. The minimum absolute atomic E-state index is 0.133. The summed E-state index contributed by atoms with van der Waals surface area (Å²) in [6, 6.07) is 5.34. The number of ether oxygens (including phenoxy) is 2. The Balaban J connectivity index is 2.08. The Morgan fingerprint density at radius 1 is 1.15 bits per heavy atom. The van der Waals surface area contributed by atoms with Gasteiger partial charge in [0.05, 0.1) is 19.3 Å². The lowest BCUT2D eigenvalue weighted by molar-refractivity contribution is -0.140. The smallest absolute Gasteiger partial charge is 0.254 e. The predicted octanol–water partition coefficient (Wildman–Crippen LogP) is 1.75. The number of carbonyl (C=O) groups is 2. The maximum Gasteiger partial charge on any atom is 0.254 e. The van der Waals surface area contributed by atoms with Gasteiger partial charge in [-0.2, -0.15) is 0 Å². The number of benzene rings is 1. The second-order valence-electron chi connectivity index (χ2n) is 4.82. The van der Waals surface area contributed by atoms with Crippen LogP contribution in [0.3, 0.4) is 0 Å². The van der Waals surface area contributed by atoms with Crippen molar-refractivity contribution in [1.82, 2.24) is 4.90 Å². The van der Waals surface area contributed by atoms with Crippen LogP contribution in [0.25, 0.3) is 0 Å². The third kappa shape index (κ3) is 1.74. The maximum atomic E-state index is 11.9. The van der Waals surface area contributed by atoms with Crippen LogP contribution < -0.4 is 4.74 Å². The zero-order chi connectivity index (χ0) is 14.3. The Morgan fingerprint density at radius 3 is 2.45 bits per heavy atom. The summed E-state index contributed by atoms with van der Waals surface area (Å²) in [6.07, 6.45) is 3.03. The molecular formula is C15H15NO4. The van der Waals surface area contributed by atoms with Gasteiger partial charge in [0.2, 0.25) is 0 Å². The molecule has 104 valence electrons. The van der Waals surface area contributed by atoms with E-state index >= 15 is 0 Å². The van der Waals surface area contributed by atoms with Crippen molar-refractivity contribution in [3.8, 4) is 5.75 Å². The molecule has 2 amide bonds. The van der Waals surface area contributed by atoms with Gasteiger partial charge in [-0.15, -0.1) is 0 Å². The quantitative estimate of drug-likeness (QED) is 0.787. The number of amides is 2. The molecule has 1 aliphatic carbocycles. The Bertz CT molecular complexity index is 590. The number of carbonyl (C=O) groups excluding carboxylic acids is 2. The predicted molar refractivity (Wildman–Crippen MR) is 71.1 cm³/mol. The van der Waals surface area contributed by atoms with Gasteiger partial charge in [0.25, 0.3) is 11.8 Å².